The number of anilines is 1. The Morgan fingerprint density at radius 1 is 1.31 bits per heavy atom. The lowest BCUT2D eigenvalue weighted by molar-refractivity contribution is 0.153. The molecule has 142 valence electrons. The summed E-state index contributed by atoms with van der Waals surface area (Å²) in [6, 6.07) is 0. The van der Waals surface area contributed by atoms with Crippen molar-refractivity contribution in [2.75, 3.05) is 29.5 Å². The van der Waals surface area contributed by atoms with Crippen molar-refractivity contribution >= 4 is 15.8 Å². The zero-order chi connectivity index (χ0) is 18.7. The van der Waals surface area contributed by atoms with Crippen LogP contribution in [0.3, 0.4) is 0 Å². The highest BCUT2D eigenvalue weighted by molar-refractivity contribution is 7.91. The number of sulfone groups is 1. The summed E-state index contributed by atoms with van der Waals surface area (Å²) in [5.74, 6) is 0.829. The molecule has 0 aliphatic carbocycles. The molecule has 0 saturated carbocycles. The van der Waals surface area contributed by atoms with Gasteiger partial charge in [0.05, 0.1) is 24.1 Å². The van der Waals surface area contributed by atoms with E-state index in [4.69, 9.17) is 0 Å². The third-order valence-electron chi connectivity index (χ3n) is 4.61. The van der Waals surface area contributed by atoms with Crippen molar-refractivity contribution < 1.29 is 13.5 Å². The molecule has 1 atom stereocenters. The molecule has 1 aliphatic rings. The van der Waals surface area contributed by atoms with Crippen molar-refractivity contribution in [2.24, 2.45) is 0 Å². The molecule has 1 aliphatic heterocycles. The summed E-state index contributed by atoms with van der Waals surface area (Å²) < 4.78 is 25.0. The molecular weight excluding hydrogens is 354 g/mol. The second-order valence-corrected chi connectivity index (χ2v) is 9.15. The molecule has 8 nitrogen and oxygen atoms in total. The third kappa shape index (κ3) is 4.39. The maximum Gasteiger partial charge on any atom is 0.225 e. The van der Waals surface area contributed by atoms with Crippen LogP contribution in [0.4, 0.5) is 5.95 Å². The predicted molar refractivity (Wildman–Crippen MR) is 99.8 cm³/mol. The number of aryl methyl sites for hydroxylation is 2. The zero-order valence-electron chi connectivity index (χ0n) is 15.2. The van der Waals surface area contributed by atoms with E-state index in [2.05, 4.69) is 15.1 Å². The number of hydrogen-bond acceptors (Lipinski definition) is 7. The Bertz CT molecular complexity index is 848. The quantitative estimate of drug-likeness (QED) is 0.800. The van der Waals surface area contributed by atoms with Crippen LogP contribution in [-0.4, -0.2) is 64.0 Å². The first-order valence-corrected chi connectivity index (χ1v) is 10.7. The lowest BCUT2D eigenvalue weighted by Gasteiger charge is -2.29. The van der Waals surface area contributed by atoms with Gasteiger partial charge < -0.3 is 10.0 Å². The first-order valence-electron chi connectivity index (χ1n) is 8.88. The molecule has 3 heterocycles. The van der Waals surface area contributed by atoms with Crippen molar-refractivity contribution in [3.63, 3.8) is 0 Å². The number of β-amino-alcohol motifs (C(OH)–C–C–N with tert-alkyl or cyclic N) is 1. The van der Waals surface area contributed by atoms with Gasteiger partial charge in [0.15, 0.2) is 9.84 Å². The monoisotopic (exact) mass is 379 g/mol. The van der Waals surface area contributed by atoms with Crippen LogP contribution in [0.5, 0.6) is 0 Å². The number of piperidine rings is 1. The second-order valence-electron chi connectivity index (χ2n) is 6.67. The number of aliphatic hydroxyl groups is 1. The second kappa shape index (κ2) is 7.71. The standard InChI is InChI=1S/C17H25N5O3S/c1-3-26(24,25)8-7-22-11-13(2)16(20-22)14-9-18-17(19-10-14)21-6-4-5-15(23)12-21/h9-11,15,23H,3-8,12H2,1-2H3. The average molecular weight is 379 g/mol. The van der Waals surface area contributed by atoms with Gasteiger partial charge in [-0.05, 0) is 25.3 Å². The molecule has 0 amide bonds. The summed E-state index contributed by atoms with van der Waals surface area (Å²) in [7, 11) is -3.02. The van der Waals surface area contributed by atoms with Gasteiger partial charge >= 0.3 is 0 Å². The van der Waals surface area contributed by atoms with Crippen molar-refractivity contribution in [3.05, 3.63) is 24.2 Å². The summed E-state index contributed by atoms with van der Waals surface area (Å²) >= 11 is 0. The highest BCUT2D eigenvalue weighted by atomic mass is 32.2. The van der Waals surface area contributed by atoms with Crippen LogP contribution in [0.25, 0.3) is 11.3 Å². The molecule has 0 bridgehead atoms. The first-order chi connectivity index (χ1) is 12.4. The van der Waals surface area contributed by atoms with Crippen LogP contribution in [0.1, 0.15) is 25.3 Å². The average Bonchev–Trinajstić information content (AvgIpc) is 3.01. The van der Waals surface area contributed by atoms with Gasteiger partial charge in [-0.25, -0.2) is 18.4 Å². The van der Waals surface area contributed by atoms with Gasteiger partial charge in [-0.15, -0.1) is 0 Å². The molecule has 3 rings (SSSR count). The van der Waals surface area contributed by atoms with E-state index in [1.165, 1.54) is 0 Å². The normalized spacial score (nSPS) is 18.3. The molecule has 0 spiro atoms. The summed E-state index contributed by atoms with van der Waals surface area (Å²) in [6.45, 7) is 5.31. The van der Waals surface area contributed by atoms with Crippen LogP contribution in [0, 0.1) is 6.92 Å². The van der Waals surface area contributed by atoms with E-state index in [-0.39, 0.29) is 17.6 Å². The van der Waals surface area contributed by atoms with Crippen molar-refractivity contribution in [2.45, 2.75) is 39.3 Å². The minimum atomic E-state index is -3.02. The van der Waals surface area contributed by atoms with Crippen LogP contribution >= 0.6 is 0 Å². The van der Waals surface area contributed by atoms with Crippen molar-refractivity contribution in [1.29, 1.82) is 0 Å². The fraction of sp³-hybridized carbons (Fsp3) is 0.588. The lowest BCUT2D eigenvalue weighted by Crippen LogP contribution is -2.39. The van der Waals surface area contributed by atoms with E-state index in [1.807, 2.05) is 18.0 Å². The highest BCUT2D eigenvalue weighted by Gasteiger charge is 2.20. The Hall–Kier alpha value is -2.00. The van der Waals surface area contributed by atoms with E-state index in [0.29, 0.717) is 19.0 Å². The SMILES string of the molecule is CCS(=O)(=O)CCn1cc(C)c(-c2cnc(N3CCCC(O)C3)nc2)n1. The van der Waals surface area contributed by atoms with E-state index in [0.717, 1.165) is 36.2 Å². The maximum atomic E-state index is 11.7. The molecule has 26 heavy (non-hydrogen) atoms. The van der Waals surface area contributed by atoms with Gasteiger partial charge in [0.25, 0.3) is 0 Å². The molecule has 1 unspecified atom stereocenters. The minimum absolute atomic E-state index is 0.0801. The molecular formula is C17H25N5O3S. The first kappa shape index (κ1) is 18.8. The predicted octanol–water partition coefficient (Wildman–Crippen LogP) is 1.04. The van der Waals surface area contributed by atoms with Crippen LogP contribution < -0.4 is 4.90 Å². The van der Waals surface area contributed by atoms with E-state index < -0.39 is 9.84 Å². The Balaban J connectivity index is 1.73. The van der Waals surface area contributed by atoms with Gasteiger partial charge in [0, 0.05) is 43.0 Å². The lowest BCUT2D eigenvalue weighted by atomic mass is 10.1. The number of nitrogens with zero attached hydrogens (tertiary/aromatic N) is 5. The number of aromatic nitrogens is 4. The van der Waals surface area contributed by atoms with Crippen LogP contribution in [-0.2, 0) is 16.4 Å². The third-order valence-corrected chi connectivity index (χ3v) is 6.29. The molecule has 1 N–H and O–H groups in total. The summed E-state index contributed by atoms with van der Waals surface area (Å²) in [5.41, 5.74) is 2.49. The van der Waals surface area contributed by atoms with Gasteiger partial charge in [0.2, 0.25) is 5.95 Å². The Labute approximate surface area is 153 Å². The summed E-state index contributed by atoms with van der Waals surface area (Å²) in [5, 5.41) is 14.3. The topological polar surface area (TPSA) is 101 Å². The van der Waals surface area contributed by atoms with Crippen molar-refractivity contribution in [3.8, 4) is 11.3 Å². The number of aliphatic hydroxyl groups excluding tert-OH is 1. The van der Waals surface area contributed by atoms with E-state index in [1.54, 1.807) is 24.0 Å². The molecule has 2 aromatic rings. The van der Waals surface area contributed by atoms with E-state index >= 15 is 0 Å². The fourth-order valence-corrected chi connectivity index (χ4v) is 3.79. The Morgan fingerprint density at radius 3 is 2.69 bits per heavy atom. The largest absolute Gasteiger partial charge is 0.391 e. The van der Waals surface area contributed by atoms with Gasteiger partial charge in [0.1, 0.15) is 0 Å². The molecule has 1 saturated heterocycles. The van der Waals surface area contributed by atoms with E-state index in [9.17, 15) is 13.5 Å². The molecule has 0 radical (unpaired) electrons. The zero-order valence-corrected chi connectivity index (χ0v) is 16.0. The molecule has 1 fully saturated rings. The smallest absolute Gasteiger partial charge is 0.225 e. The number of rotatable bonds is 6. The van der Waals surface area contributed by atoms with Crippen LogP contribution in [0.15, 0.2) is 18.6 Å². The Morgan fingerprint density at radius 2 is 2.04 bits per heavy atom. The maximum absolute atomic E-state index is 11.7. The summed E-state index contributed by atoms with van der Waals surface area (Å²) in [6.07, 6.45) is 6.71. The number of hydrogen-bond donors (Lipinski definition) is 1. The molecule has 9 heteroatoms. The Kier molecular flexibility index (Phi) is 5.57. The van der Waals surface area contributed by atoms with Crippen LogP contribution in [0.2, 0.25) is 0 Å². The minimum Gasteiger partial charge on any atom is -0.391 e. The highest BCUT2D eigenvalue weighted by Crippen LogP contribution is 2.22. The fourth-order valence-electron chi connectivity index (χ4n) is 3.04. The van der Waals surface area contributed by atoms with Gasteiger partial charge in [-0.3, -0.25) is 4.68 Å². The van der Waals surface area contributed by atoms with Gasteiger partial charge in [-0.2, -0.15) is 5.10 Å². The van der Waals surface area contributed by atoms with Crippen molar-refractivity contribution in [1.82, 2.24) is 19.7 Å². The van der Waals surface area contributed by atoms with Gasteiger partial charge in [-0.1, -0.05) is 6.92 Å². The molecule has 2 aromatic heterocycles. The summed E-state index contributed by atoms with van der Waals surface area (Å²) in [4.78, 5) is 10.8. The molecule has 0 aromatic carbocycles.